The summed E-state index contributed by atoms with van der Waals surface area (Å²) in [5.74, 6) is -2.60. The molecular formula is C19H20F2N2O3S. The number of benzene rings is 2. The van der Waals surface area contributed by atoms with Gasteiger partial charge in [-0.2, -0.15) is 4.31 Å². The maximum Gasteiger partial charge on any atom is 0.251 e. The molecule has 8 heteroatoms. The van der Waals surface area contributed by atoms with Crippen LogP contribution in [0.2, 0.25) is 0 Å². The number of halogens is 2. The van der Waals surface area contributed by atoms with Gasteiger partial charge >= 0.3 is 0 Å². The predicted octanol–water partition coefficient (Wildman–Crippen LogP) is 2.86. The largest absolute Gasteiger partial charge is 0.349 e. The molecule has 1 fully saturated rings. The fraction of sp³-hybridized carbons (Fsp3) is 0.316. The molecule has 1 saturated heterocycles. The van der Waals surface area contributed by atoms with Crippen molar-refractivity contribution in [2.75, 3.05) is 13.1 Å². The Morgan fingerprint density at radius 1 is 1.04 bits per heavy atom. The number of piperidine rings is 1. The highest BCUT2D eigenvalue weighted by Crippen LogP contribution is 2.21. The predicted molar refractivity (Wildman–Crippen MR) is 96.8 cm³/mol. The van der Waals surface area contributed by atoms with Crippen LogP contribution >= 0.6 is 0 Å². The van der Waals surface area contributed by atoms with Gasteiger partial charge in [-0.3, -0.25) is 4.79 Å². The number of rotatable bonds is 4. The summed E-state index contributed by atoms with van der Waals surface area (Å²) in [6.45, 7) is 2.44. The molecule has 1 aliphatic rings. The van der Waals surface area contributed by atoms with Gasteiger partial charge in [0.1, 0.15) is 0 Å². The Labute approximate surface area is 157 Å². The maximum atomic E-state index is 13.3. The van der Waals surface area contributed by atoms with Gasteiger partial charge in [0.25, 0.3) is 5.91 Å². The minimum atomic E-state index is -3.56. The molecular weight excluding hydrogens is 374 g/mol. The maximum absolute atomic E-state index is 13.3. The summed E-state index contributed by atoms with van der Waals surface area (Å²) in [6.07, 6.45) is 0.890. The van der Waals surface area contributed by atoms with Crippen LogP contribution in [0.4, 0.5) is 8.78 Å². The highest BCUT2D eigenvalue weighted by molar-refractivity contribution is 7.89. The molecule has 0 unspecified atom stereocenters. The van der Waals surface area contributed by atoms with E-state index in [0.717, 1.165) is 17.7 Å². The molecule has 1 N–H and O–H groups in total. The first-order valence-electron chi connectivity index (χ1n) is 8.60. The van der Waals surface area contributed by atoms with Crippen molar-refractivity contribution in [3.05, 3.63) is 65.2 Å². The van der Waals surface area contributed by atoms with Crippen molar-refractivity contribution in [3.8, 4) is 0 Å². The molecule has 0 bridgehead atoms. The molecule has 0 spiro atoms. The van der Waals surface area contributed by atoms with Gasteiger partial charge in [0.05, 0.1) is 4.90 Å². The second-order valence-corrected chi connectivity index (χ2v) is 8.53. The van der Waals surface area contributed by atoms with Gasteiger partial charge in [0.15, 0.2) is 11.6 Å². The van der Waals surface area contributed by atoms with Gasteiger partial charge in [-0.15, -0.1) is 0 Å². The molecule has 5 nitrogen and oxygen atoms in total. The van der Waals surface area contributed by atoms with Crippen molar-refractivity contribution in [1.82, 2.24) is 9.62 Å². The van der Waals surface area contributed by atoms with Crippen LogP contribution in [0.15, 0.2) is 47.4 Å². The topological polar surface area (TPSA) is 66.5 Å². The standard InChI is InChI=1S/C19H20F2N2O3S/c1-13-2-5-16(6-3-13)27(25,26)23-10-8-15(9-11-23)22-19(24)14-4-7-17(20)18(21)12-14/h2-7,12,15H,8-11H2,1H3,(H,22,24). The third-order valence-electron chi connectivity index (χ3n) is 4.63. The average molecular weight is 394 g/mol. The van der Waals surface area contributed by atoms with E-state index in [2.05, 4.69) is 5.32 Å². The van der Waals surface area contributed by atoms with E-state index in [1.807, 2.05) is 6.92 Å². The lowest BCUT2D eigenvalue weighted by Crippen LogP contribution is -2.46. The summed E-state index contributed by atoms with van der Waals surface area (Å²) in [6, 6.07) is 9.41. The number of carbonyl (C=O) groups is 1. The van der Waals surface area contributed by atoms with E-state index < -0.39 is 27.6 Å². The van der Waals surface area contributed by atoms with Crippen molar-refractivity contribution >= 4 is 15.9 Å². The van der Waals surface area contributed by atoms with Crippen molar-refractivity contribution in [3.63, 3.8) is 0 Å². The second-order valence-electron chi connectivity index (χ2n) is 6.59. The number of carbonyl (C=O) groups excluding carboxylic acids is 1. The number of nitrogens with zero attached hydrogens (tertiary/aromatic N) is 1. The van der Waals surface area contributed by atoms with Crippen molar-refractivity contribution in [1.29, 1.82) is 0 Å². The fourth-order valence-electron chi connectivity index (χ4n) is 3.01. The lowest BCUT2D eigenvalue weighted by molar-refractivity contribution is 0.0923. The van der Waals surface area contributed by atoms with Crippen LogP contribution in [-0.2, 0) is 10.0 Å². The molecule has 3 rings (SSSR count). The molecule has 1 amide bonds. The quantitative estimate of drug-likeness (QED) is 0.867. The Bertz CT molecular complexity index is 938. The Balaban J connectivity index is 1.60. The number of nitrogens with one attached hydrogen (secondary N) is 1. The third-order valence-corrected chi connectivity index (χ3v) is 6.54. The first-order chi connectivity index (χ1) is 12.8. The smallest absolute Gasteiger partial charge is 0.251 e. The van der Waals surface area contributed by atoms with Gasteiger partial charge in [0, 0.05) is 24.7 Å². The molecule has 27 heavy (non-hydrogen) atoms. The molecule has 0 aromatic heterocycles. The van der Waals surface area contributed by atoms with Crippen molar-refractivity contribution < 1.29 is 22.0 Å². The van der Waals surface area contributed by atoms with Crippen molar-refractivity contribution in [2.24, 2.45) is 0 Å². The van der Waals surface area contributed by atoms with Gasteiger partial charge in [-0.05, 0) is 50.1 Å². The molecule has 0 atom stereocenters. The summed E-state index contributed by atoms with van der Waals surface area (Å²) in [5, 5.41) is 2.75. The molecule has 2 aromatic rings. The zero-order chi connectivity index (χ0) is 19.6. The molecule has 2 aromatic carbocycles. The Morgan fingerprint density at radius 2 is 1.67 bits per heavy atom. The van der Waals surface area contributed by atoms with Crippen LogP contribution in [0.1, 0.15) is 28.8 Å². The summed E-state index contributed by atoms with van der Waals surface area (Å²) < 4.78 is 53.0. The molecule has 1 heterocycles. The van der Waals surface area contributed by atoms with Crippen LogP contribution in [0.3, 0.4) is 0 Å². The van der Waals surface area contributed by atoms with Gasteiger partial charge in [-0.25, -0.2) is 17.2 Å². The minimum absolute atomic E-state index is 0.0311. The first-order valence-corrected chi connectivity index (χ1v) is 10.0. The van der Waals surface area contributed by atoms with Crippen LogP contribution in [0, 0.1) is 18.6 Å². The summed E-state index contributed by atoms with van der Waals surface area (Å²) >= 11 is 0. The molecule has 144 valence electrons. The highest BCUT2D eigenvalue weighted by atomic mass is 32.2. The van der Waals surface area contributed by atoms with Gasteiger partial charge in [-0.1, -0.05) is 17.7 Å². The first kappa shape index (κ1) is 19.4. The van der Waals surface area contributed by atoms with E-state index in [1.165, 1.54) is 10.4 Å². The van der Waals surface area contributed by atoms with Gasteiger partial charge in [0.2, 0.25) is 10.0 Å². The molecule has 1 aliphatic heterocycles. The lowest BCUT2D eigenvalue weighted by Gasteiger charge is -2.31. The third kappa shape index (κ3) is 4.33. The number of sulfonamides is 1. The molecule has 0 saturated carbocycles. The summed E-state index contributed by atoms with van der Waals surface area (Å²) in [7, 11) is -3.56. The normalized spacial score (nSPS) is 16.3. The summed E-state index contributed by atoms with van der Waals surface area (Å²) in [4.78, 5) is 12.4. The van der Waals surface area contributed by atoms with E-state index >= 15 is 0 Å². The average Bonchev–Trinajstić information content (AvgIpc) is 2.64. The van der Waals surface area contributed by atoms with Crippen LogP contribution in [0.25, 0.3) is 0 Å². The Kier molecular flexibility index (Phi) is 5.57. The van der Waals surface area contributed by atoms with E-state index in [4.69, 9.17) is 0 Å². The Morgan fingerprint density at radius 3 is 2.26 bits per heavy atom. The van der Waals surface area contributed by atoms with Crippen LogP contribution in [-0.4, -0.2) is 37.8 Å². The van der Waals surface area contributed by atoms with E-state index in [9.17, 15) is 22.0 Å². The second kappa shape index (κ2) is 7.74. The number of hydrogen-bond acceptors (Lipinski definition) is 3. The van der Waals surface area contributed by atoms with E-state index in [1.54, 1.807) is 24.3 Å². The zero-order valence-corrected chi connectivity index (χ0v) is 15.6. The SMILES string of the molecule is Cc1ccc(S(=O)(=O)N2CCC(NC(=O)c3ccc(F)c(F)c3)CC2)cc1. The minimum Gasteiger partial charge on any atom is -0.349 e. The van der Waals surface area contributed by atoms with E-state index in [0.29, 0.717) is 12.8 Å². The summed E-state index contributed by atoms with van der Waals surface area (Å²) in [5.41, 5.74) is 1.01. The van der Waals surface area contributed by atoms with Crippen molar-refractivity contribution in [2.45, 2.75) is 30.7 Å². The van der Waals surface area contributed by atoms with E-state index in [-0.39, 0.29) is 29.6 Å². The molecule has 0 radical (unpaired) electrons. The zero-order valence-electron chi connectivity index (χ0n) is 14.8. The van der Waals surface area contributed by atoms with Crippen LogP contribution in [0.5, 0.6) is 0 Å². The Hall–Kier alpha value is -2.32. The number of amides is 1. The van der Waals surface area contributed by atoms with Crippen LogP contribution < -0.4 is 5.32 Å². The molecule has 0 aliphatic carbocycles. The number of aryl methyl sites for hydroxylation is 1. The lowest BCUT2D eigenvalue weighted by atomic mass is 10.1. The fourth-order valence-corrected chi connectivity index (χ4v) is 4.48. The number of hydrogen-bond donors (Lipinski definition) is 1. The highest BCUT2D eigenvalue weighted by Gasteiger charge is 2.30. The van der Waals surface area contributed by atoms with Gasteiger partial charge < -0.3 is 5.32 Å². The monoisotopic (exact) mass is 394 g/mol.